The maximum atomic E-state index is 14.9. The maximum Gasteiger partial charge on any atom is 0.284 e. The van der Waals surface area contributed by atoms with E-state index in [1.807, 2.05) is 24.9 Å². The van der Waals surface area contributed by atoms with Crippen LogP contribution in [0.15, 0.2) is 67.2 Å². The molecule has 1 fully saturated rings. The highest BCUT2D eigenvalue weighted by Gasteiger charge is 2.22. The average molecular weight is 599 g/mol. The van der Waals surface area contributed by atoms with E-state index in [4.69, 9.17) is 14.2 Å². The first kappa shape index (κ1) is 28.8. The number of nitrogens with zero attached hydrogens (tertiary/aromatic N) is 6. The molecule has 226 valence electrons. The van der Waals surface area contributed by atoms with E-state index in [2.05, 4.69) is 30.7 Å². The number of fused-ring (bicyclic) bond motifs is 2. The highest BCUT2D eigenvalue weighted by atomic mass is 19.1. The van der Waals surface area contributed by atoms with E-state index < -0.39 is 11.7 Å². The number of carbonyl (C=O) groups excluding carboxylic acids is 1. The summed E-state index contributed by atoms with van der Waals surface area (Å²) in [6.07, 6.45) is 9.57. The Morgan fingerprint density at radius 3 is 2.66 bits per heavy atom. The number of hydrogen-bond acceptors (Lipinski definition) is 10. The number of carbonyl (C=O) groups is 1. The van der Waals surface area contributed by atoms with E-state index in [0.717, 1.165) is 24.9 Å². The van der Waals surface area contributed by atoms with Gasteiger partial charge in [-0.3, -0.25) is 9.69 Å². The Morgan fingerprint density at radius 1 is 1.07 bits per heavy atom. The number of likely N-dealkylation sites (tertiary alicyclic amines) is 1. The molecule has 5 aromatic rings. The van der Waals surface area contributed by atoms with Crippen molar-refractivity contribution in [3.63, 3.8) is 0 Å². The number of likely N-dealkylation sites (N-methyl/N-ethyl adjacent to an activating group) is 1. The van der Waals surface area contributed by atoms with E-state index in [1.54, 1.807) is 54.5 Å². The van der Waals surface area contributed by atoms with Crippen LogP contribution in [0.1, 0.15) is 18.4 Å². The molecule has 1 amide bonds. The van der Waals surface area contributed by atoms with Gasteiger partial charge in [-0.15, -0.1) is 0 Å². The molecule has 1 unspecified atom stereocenters. The third kappa shape index (κ3) is 5.81. The molecule has 0 radical (unpaired) electrons. The van der Waals surface area contributed by atoms with Crippen molar-refractivity contribution in [2.24, 2.45) is 0 Å². The number of halogens is 1. The zero-order valence-corrected chi connectivity index (χ0v) is 24.7. The number of aromatic nitrogens is 5. The lowest BCUT2D eigenvalue weighted by Gasteiger charge is -2.17. The third-order valence-electron chi connectivity index (χ3n) is 7.54. The van der Waals surface area contributed by atoms with Crippen LogP contribution in [0.3, 0.4) is 0 Å². The normalized spacial score (nSPS) is 15.5. The SMILES string of the molecule is COc1cc2ncnc(Nc3cc(C)c(Oc4cnc5ccnn5c4)cc3OC)c2cc1NC(=O)/C(F)=C/C1CCCN1C. The van der Waals surface area contributed by atoms with Crippen LogP contribution < -0.4 is 24.8 Å². The number of anilines is 3. The summed E-state index contributed by atoms with van der Waals surface area (Å²) < 4.78 is 33.8. The van der Waals surface area contributed by atoms with Gasteiger partial charge in [-0.25, -0.2) is 23.9 Å². The number of methoxy groups -OCH3 is 2. The van der Waals surface area contributed by atoms with Crippen molar-refractivity contribution in [3.8, 4) is 23.0 Å². The summed E-state index contributed by atoms with van der Waals surface area (Å²) >= 11 is 0. The number of amides is 1. The van der Waals surface area contributed by atoms with Crippen molar-refractivity contribution in [2.75, 3.05) is 38.4 Å². The van der Waals surface area contributed by atoms with E-state index in [0.29, 0.717) is 51.1 Å². The minimum absolute atomic E-state index is 0.115. The lowest BCUT2D eigenvalue weighted by atomic mass is 10.1. The lowest BCUT2D eigenvalue weighted by Crippen LogP contribution is -2.24. The molecule has 1 saturated heterocycles. The third-order valence-corrected chi connectivity index (χ3v) is 7.54. The van der Waals surface area contributed by atoms with Crippen molar-refractivity contribution in [1.29, 1.82) is 0 Å². The second-order valence-corrected chi connectivity index (χ2v) is 10.4. The molecule has 4 heterocycles. The van der Waals surface area contributed by atoms with Gasteiger partial charge >= 0.3 is 0 Å². The molecule has 0 aliphatic carbocycles. The van der Waals surface area contributed by atoms with Crippen LogP contribution in [0.2, 0.25) is 0 Å². The van der Waals surface area contributed by atoms with E-state index in [-0.39, 0.29) is 11.7 Å². The Kier molecular flexibility index (Phi) is 7.94. The van der Waals surface area contributed by atoms with Crippen LogP contribution in [-0.2, 0) is 4.79 Å². The Bertz CT molecular complexity index is 1890. The second-order valence-electron chi connectivity index (χ2n) is 10.4. The molecule has 13 heteroatoms. The molecule has 1 aliphatic rings. The Morgan fingerprint density at radius 2 is 1.89 bits per heavy atom. The van der Waals surface area contributed by atoms with E-state index >= 15 is 0 Å². The second kappa shape index (κ2) is 12.1. The van der Waals surface area contributed by atoms with Crippen molar-refractivity contribution in [3.05, 3.63) is 72.7 Å². The van der Waals surface area contributed by atoms with Gasteiger partial charge in [-0.05, 0) is 57.1 Å². The highest BCUT2D eigenvalue weighted by Crippen LogP contribution is 2.38. The van der Waals surface area contributed by atoms with Gasteiger partial charge in [-0.2, -0.15) is 5.10 Å². The predicted molar refractivity (Wildman–Crippen MR) is 164 cm³/mol. The van der Waals surface area contributed by atoms with Gasteiger partial charge < -0.3 is 24.8 Å². The van der Waals surface area contributed by atoms with Gasteiger partial charge in [0.25, 0.3) is 5.91 Å². The lowest BCUT2D eigenvalue weighted by molar-refractivity contribution is -0.114. The molecule has 44 heavy (non-hydrogen) atoms. The first-order valence-electron chi connectivity index (χ1n) is 14.0. The zero-order valence-electron chi connectivity index (χ0n) is 24.7. The molecule has 0 saturated carbocycles. The smallest absolute Gasteiger partial charge is 0.284 e. The summed E-state index contributed by atoms with van der Waals surface area (Å²) in [5, 5.41) is 10.7. The number of benzene rings is 2. The Labute approximate surface area is 252 Å². The number of nitrogens with one attached hydrogen (secondary N) is 2. The molecule has 0 spiro atoms. The van der Waals surface area contributed by atoms with Crippen LogP contribution in [0.5, 0.6) is 23.0 Å². The summed E-state index contributed by atoms with van der Waals surface area (Å²) in [5.74, 6) is 0.647. The van der Waals surface area contributed by atoms with Gasteiger partial charge in [0.1, 0.15) is 29.4 Å². The minimum atomic E-state index is -0.857. The molecular weight excluding hydrogens is 567 g/mol. The fraction of sp³-hybridized carbons (Fsp3) is 0.258. The molecule has 2 aromatic carbocycles. The van der Waals surface area contributed by atoms with Gasteiger partial charge in [0.15, 0.2) is 17.2 Å². The molecule has 12 nitrogen and oxygen atoms in total. The fourth-order valence-corrected chi connectivity index (χ4v) is 5.17. The predicted octanol–water partition coefficient (Wildman–Crippen LogP) is 5.42. The largest absolute Gasteiger partial charge is 0.494 e. The molecular formula is C31H31FN8O4. The fourth-order valence-electron chi connectivity index (χ4n) is 5.17. The first-order valence-corrected chi connectivity index (χ1v) is 14.0. The quantitative estimate of drug-likeness (QED) is 0.212. The van der Waals surface area contributed by atoms with Crippen molar-refractivity contribution >= 4 is 39.6 Å². The maximum absolute atomic E-state index is 14.9. The standard InChI is InChI=1S/C31H31FN8O4/c1-18-10-24(28(43-4)14-26(18)44-20-15-33-29-7-8-36-40(29)16-20)37-30-21-12-25(27(42-3)13-23(21)34-17-35-30)38-31(41)22(32)11-19-6-5-9-39(19)2/h7-8,10-17,19H,5-6,9H2,1-4H3,(H,38,41)(H,34,35,37)/b22-11-. The van der Waals surface area contributed by atoms with Crippen molar-refractivity contribution in [1.82, 2.24) is 29.5 Å². The summed E-state index contributed by atoms with van der Waals surface area (Å²) in [4.78, 5) is 28.0. The average Bonchev–Trinajstić information content (AvgIpc) is 3.66. The number of ether oxygens (including phenoxy) is 3. The van der Waals surface area contributed by atoms with Crippen molar-refractivity contribution in [2.45, 2.75) is 25.8 Å². The molecule has 1 aliphatic heterocycles. The van der Waals surface area contributed by atoms with Crippen LogP contribution in [0.4, 0.5) is 21.6 Å². The van der Waals surface area contributed by atoms with Gasteiger partial charge in [0, 0.05) is 29.6 Å². The molecule has 1 atom stereocenters. The number of aryl methyl sites for hydroxylation is 1. The molecule has 6 rings (SSSR count). The Balaban J connectivity index is 1.28. The first-order chi connectivity index (χ1) is 21.3. The number of hydrogen-bond donors (Lipinski definition) is 2. The summed E-state index contributed by atoms with van der Waals surface area (Å²) in [6.45, 7) is 2.77. The van der Waals surface area contributed by atoms with E-state index in [1.165, 1.54) is 19.5 Å². The zero-order chi connectivity index (χ0) is 30.8. The van der Waals surface area contributed by atoms with Crippen LogP contribution in [0, 0.1) is 6.92 Å². The number of rotatable bonds is 9. The van der Waals surface area contributed by atoms with E-state index in [9.17, 15) is 9.18 Å². The van der Waals surface area contributed by atoms with Crippen LogP contribution in [-0.4, -0.2) is 69.2 Å². The Hall–Kier alpha value is -5.30. The van der Waals surface area contributed by atoms with Gasteiger partial charge in [-0.1, -0.05) is 0 Å². The minimum Gasteiger partial charge on any atom is -0.494 e. The van der Waals surface area contributed by atoms with Crippen LogP contribution in [0.25, 0.3) is 16.6 Å². The topological polar surface area (TPSA) is 128 Å². The van der Waals surface area contributed by atoms with Gasteiger partial charge in [0.2, 0.25) is 0 Å². The van der Waals surface area contributed by atoms with Crippen molar-refractivity contribution < 1.29 is 23.4 Å². The molecule has 3 aromatic heterocycles. The van der Waals surface area contributed by atoms with Crippen LogP contribution >= 0.6 is 0 Å². The molecule has 2 N–H and O–H groups in total. The highest BCUT2D eigenvalue weighted by molar-refractivity contribution is 6.05. The summed E-state index contributed by atoms with van der Waals surface area (Å²) in [6, 6.07) is 8.63. The monoisotopic (exact) mass is 598 g/mol. The summed E-state index contributed by atoms with van der Waals surface area (Å²) in [7, 11) is 4.94. The summed E-state index contributed by atoms with van der Waals surface area (Å²) in [5.41, 5.74) is 2.98. The van der Waals surface area contributed by atoms with Gasteiger partial charge in [0.05, 0.1) is 49.7 Å². The molecule has 0 bridgehead atoms.